The maximum atomic E-state index is 11.3. The molecule has 8 heteroatoms. The average Bonchev–Trinajstić information content (AvgIpc) is 2.63. The molecule has 1 aromatic heterocycles. The Morgan fingerprint density at radius 3 is 2.72 bits per heavy atom. The Balaban J connectivity index is 2.35. The van der Waals surface area contributed by atoms with Crippen LogP contribution in [0.5, 0.6) is 0 Å². The zero-order chi connectivity index (χ0) is 13.5. The topological polar surface area (TPSA) is 104 Å². The molecule has 3 N–H and O–H groups in total. The average molecular weight is 272 g/mol. The number of aliphatic carboxylic acids is 1. The van der Waals surface area contributed by atoms with E-state index in [0.717, 1.165) is 11.4 Å². The summed E-state index contributed by atoms with van der Waals surface area (Å²) in [6.45, 7) is 4.24. The Hall–Kier alpha value is -1.70. The Morgan fingerprint density at radius 2 is 2.11 bits per heavy atom. The lowest BCUT2D eigenvalue weighted by molar-refractivity contribution is -0.136. The third-order valence-electron chi connectivity index (χ3n) is 1.89. The summed E-state index contributed by atoms with van der Waals surface area (Å²) in [7, 11) is 0. The molecule has 0 radical (unpaired) electrons. The number of hydrogen-bond acceptors (Lipinski definition) is 5. The second kappa shape index (κ2) is 6.90. The number of aromatic nitrogens is 2. The highest BCUT2D eigenvalue weighted by molar-refractivity contribution is 7.15. The normalized spacial score (nSPS) is 10.4. The van der Waals surface area contributed by atoms with Crippen molar-refractivity contribution in [3.8, 4) is 0 Å². The van der Waals surface area contributed by atoms with E-state index >= 15 is 0 Å². The van der Waals surface area contributed by atoms with Crippen LogP contribution in [0.4, 0.5) is 9.93 Å². The standard InChI is InChI=1S/C10H16N4O3S/c1-6(2)5-7-13-14-10(18-7)12-9(17)11-4-3-8(15)16/h6H,3-5H2,1-2H3,(H,15,16)(H2,11,12,14,17). The summed E-state index contributed by atoms with van der Waals surface area (Å²) in [5.41, 5.74) is 0. The molecule has 0 aliphatic carbocycles. The van der Waals surface area contributed by atoms with Gasteiger partial charge in [0, 0.05) is 13.0 Å². The van der Waals surface area contributed by atoms with Gasteiger partial charge in [-0.25, -0.2) is 4.79 Å². The highest BCUT2D eigenvalue weighted by Crippen LogP contribution is 2.17. The van der Waals surface area contributed by atoms with Crippen molar-refractivity contribution < 1.29 is 14.7 Å². The number of amides is 2. The molecular formula is C10H16N4O3S. The van der Waals surface area contributed by atoms with Crippen molar-refractivity contribution in [2.45, 2.75) is 26.7 Å². The van der Waals surface area contributed by atoms with Gasteiger partial charge in [-0.1, -0.05) is 25.2 Å². The van der Waals surface area contributed by atoms with Crippen LogP contribution in [0.25, 0.3) is 0 Å². The van der Waals surface area contributed by atoms with Gasteiger partial charge in [0.25, 0.3) is 0 Å². The van der Waals surface area contributed by atoms with Crippen molar-refractivity contribution in [2.75, 3.05) is 11.9 Å². The van der Waals surface area contributed by atoms with Crippen molar-refractivity contribution in [3.05, 3.63) is 5.01 Å². The van der Waals surface area contributed by atoms with Gasteiger partial charge in [0.2, 0.25) is 5.13 Å². The van der Waals surface area contributed by atoms with Crippen LogP contribution >= 0.6 is 11.3 Å². The van der Waals surface area contributed by atoms with Crippen LogP contribution in [0.2, 0.25) is 0 Å². The summed E-state index contributed by atoms with van der Waals surface area (Å²) >= 11 is 1.32. The van der Waals surface area contributed by atoms with Gasteiger partial charge in [-0.3, -0.25) is 10.1 Å². The molecular weight excluding hydrogens is 256 g/mol. The van der Waals surface area contributed by atoms with Gasteiger partial charge in [0.05, 0.1) is 6.42 Å². The van der Waals surface area contributed by atoms with Crippen molar-refractivity contribution >= 4 is 28.5 Å². The number of carboxylic acid groups (broad SMARTS) is 1. The molecule has 1 rings (SSSR count). The molecule has 100 valence electrons. The third-order valence-corrected chi connectivity index (χ3v) is 2.76. The van der Waals surface area contributed by atoms with Crippen LogP contribution < -0.4 is 10.6 Å². The van der Waals surface area contributed by atoms with E-state index < -0.39 is 12.0 Å². The summed E-state index contributed by atoms with van der Waals surface area (Å²) in [6.07, 6.45) is 0.710. The summed E-state index contributed by atoms with van der Waals surface area (Å²) < 4.78 is 0. The number of nitrogens with one attached hydrogen (secondary N) is 2. The summed E-state index contributed by atoms with van der Waals surface area (Å²) in [4.78, 5) is 21.6. The van der Waals surface area contributed by atoms with E-state index in [9.17, 15) is 9.59 Å². The fourth-order valence-electron chi connectivity index (χ4n) is 1.16. The summed E-state index contributed by atoms with van der Waals surface area (Å²) in [6, 6.07) is -0.469. The molecule has 18 heavy (non-hydrogen) atoms. The molecule has 7 nitrogen and oxygen atoms in total. The Bertz CT molecular complexity index is 419. The SMILES string of the molecule is CC(C)Cc1nnc(NC(=O)NCCC(=O)O)s1. The van der Waals surface area contributed by atoms with Crippen molar-refractivity contribution in [2.24, 2.45) is 5.92 Å². The second-order valence-electron chi connectivity index (χ2n) is 4.12. The third kappa shape index (κ3) is 5.58. The fourth-order valence-corrected chi connectivity index (χ4v) is 2.11. The molecule has 1 heterocycles. The molecule has 0 bridgehead atoms. The van der Waals surface area contributed by atoms with Crippen LogP contribution in [0.1, 0.15) is 25.3 Å². The van der Waals surface area contributed by atoms with E-state index in [-0.39, 0.29) is 13.0 Å². The van der Waals surface area contributed by atoms with Crippen molar-refractivity contribution in [3.63, 3.8) is 0 Å². The molecule has 0 aliphatic rings. The number of nitrogens with zero attached hydrogens (tertiary/aromatic N) is 2. The number of carboxylic acids is 1. The highest BCUT2D eigenvalue weighted by Gasteiger charge is 2.09. The van der Waals surface area contributed by atoms with E-state index in [1.54, 1.807) is 0 Å². The first-order valence-electron chi connectivity index (χ1n) is 5.56. The predicted molar refractivity (Wildman–Crippen MR) is 67.7 cm³/mol. The first-order chi connectivity index (χ1) is 8.47. The number of rotatable bonds is 6. The largest absolute Gasteiger partial charge is 0.481 e. The number of anilines is 1. The molecule has 0 spiro atoms. The highest BCUT2D eigenvalue weighted by atomic mass is 32.1. The lowest BCUT2D eigenvalue weighted by atomic mass is 10.1. The fraction of sp³-hybridized carbons (Fsp3) is 0.600. The molecule has 2 amide bonds. The van der Waals surface area contributed by atoms with E-state index in [4.69, 9.17) is 5.11 Å². The van der Waals surface area contributed by atoms with Gasteiger partial charge < -0.3 is 10.4 Å². The van der Waals surface area contributed by atoms with E-state index in [1.165, 1.54) is 11.3 Å². The number of urea groups is 1. The molecule has 0 unspecified atom stereocenters. The number of carbonyl (C=O) groups excluding carboxylic acids is 1. The zero-order valence-corrected chi connectivity index (χ0v) is 11.1. The maximum absolute atomic E-state index is 11.3. The van der Waals surface area contributed by atoms with E-state index in [0.29, 0.717) is 11.0 Å². The first kappa shape index (κ1) is 14.4. The lowest BCUT2D eigenvalue weighted by Gasteiger charge is -2.02. The molecule has 0 aromatic carbocycles. The number of hydrogen-bond donors (Lipinski definition) is 3. The zero-order valence-electron chi connectivity index (χ0n) is 10.3. The Morgan fingerprint density at radius 1 is 1.39 bits per heavy atom. The molecule has 0 saturated carbocycles. The lowest BCUT2D eigenvalue weighted by Crippen LogP contribution is -2.30. The van der Waals surface area contributed by atoms with Gasteiger partial charge >= 0.3 is 12.0 Å². The van der Waals surface area contributed by atoms with Gasteiger partial charge in [-0.05, 0) is 5.92 Å². The minimum atomic E-state index is -0.953. The summed E-state index contributed by atoms with van der Waals surface area (Å²) in [5, 5.41) is 22.4. The molecule has 1 aromatic rings. The van der Waals surface area contributed by atoms with Crippen molar-refractivity contribution in [1.82, 2.24) is 15.5 Å². The van der Waals surface area contributed by atoms with Crippen molar-refractivity contribution in [1.29, 1.82) is 0 Å². The van der Waals surface area contributed by atoms with Crippen LogP contribution in [-0.2, 0) is 11.2 Å². The van der Waals surface area contributed by atoms with Crippen LogP contribution in [-0.4, -0.2) is 33.8 Å². The van der Waals surface area contributed by atoms with Crippen LogP contribution in [0, 0.1) is 5.92 Å². The first-order valence-corrected chi connectivity index (χ1v) is 6.38. The number of carbonyl (C=O) groups is 2. The Labute approximate surface area is 109 Å². The minimum absolute atomic E-state index is 0.0822. The predicted octanol–water partition coefficient (Wildman–Crippen LogP) is 1.33. The van der Waals surface area contributed by atoms with E-state index in [2.05, 4.69) is 34.7 Å². The van der Waals surface area contributed by atoms with Gasteiger partial charge in [0.1, 0.15) is 5.01 Å². The van der Waals surface area contributed by atoms with E-state index in [1.807, 2.05) is 0 Å². The second-order valence-corrected chi connectivity index (χ2v) is 5.19. The maximum Gasteiger partial charge on any atom is 0.321 e. The van der Waals surface area contributed by atoms with Crippen LogP contribution in [0.15, 0.2) is 0 Å². The monoisotopic (exact) mass is 272 g/mol. The quantitative estimate of drug-likeness (QED) is 0.724. The van der Waals surface area contributed by atoms with Crippen LogP contribution in [0.3, 0.4) is 0 Å². The van der Waals surface area contributed by atoms with Gasteiger partial charge in [0.15, 0.2) is 0 Å². The Kier molecular flexibility index (Phi) is 5.50. The molecule has 0 atom stereocenters. The molecule has 0 fully saturated rings. The summed E-state index contributed by atoms with van der Waals surface area (Å²) in [5.74, 6) is -0.472. The van der Waals surface area contributed by atoms with Gasteiger partial charge in [-0.2, -0.15) is 0 Å². The molecule has 0 saturated heterocycles. The smallest absolute Gasteiger partial charge is 0.321 e. The van der Waals surface area contributed by atoms with Gasteiger partial charge in [-0.15, -0.1) is 10.2 Å². The minimum Gasteiger partial charge on any atom is -0.481 e. The molecule has 0 aliphatic heterocycles.